The minimum Gasteiger partial charge on any atom is -0.350 e. The second-order valence-electron chi connectivity index (χ2n) is 3.43. The maximum Gasteiger partial charge on any atom is 0.221 e. The van der Waals surface area contributed by atoms with Crippen LogP contribution < -0.4 is 11.1 Å². The van der Waals surface area contributed by atoms with E-state index in [1.807, 2.05) is 0 Å². The monoisotopic (exact) mass is 263 g/mol. The van der Waals surface area contributed by atoms with Crippen LogP contribution in [0.3, 0.4) is 0 Å². The number of carbonyl (C=O) groups is 1. The highest BCUT2D eigenvalue weighted by atomic mass is 35.5. The van der Waals surface area contributed by atoms with Gasteiger partial charge < -0.3 is 11.1 Å². The molecule has 1 aromatic heterocycles. The number of rotatable bonds is 4. The van der Waals surface area contributed by atoms with Crippen LogP contribution in [0.1, 0.15) is 19.0 Å². The van der Waals surface area contributed by atoms with Crippen molar-refractivity contribution in [2.24, 2.45) is 5.73 Å². The van der Waals surface area contributed by atoms with Gasteiger partial charge in [0.1, 0.15) is 0 Å². The molecule has 0 spiro atoms. The lowest BCUT2D eigenvalue weighted by Gasteiger charge is -2.06. The zero-order valence-corrected chi connectivity index (χ0v) is 10.5. The summed E-state index contributed by atoms with van der Waals surface area (Å²) in [6, 6.07) is 3.39. The van der Waals surface area contributed by atoms with Gasteiger partial charge >= 0.3 is 0 Å². The third-order valence-corrected chi connectivity index (χ3v) is 1.99. The van der Waals surface area contributed by atoms with Crippen molar-refractivity contribution in [1.82, 2.24) is 10.3 Å². The fraction of sp³-hybridized carbons (Fsp3) is 0.400. The smallest absolute Gasteiger partial charge is 0.221 e. The fourth-order valence-corrected chi connectivity index (χ4v) is 1.18. The summed E-state index contributed by atoms with van der Waals surface area (Å²) in [7, 11) is 0. The Balaban J connectivity index is 0.00000225. The summed E-state index contributed by atoms with van der Waals surface area (Å²) in [6.45, 7) is 2.20. The zero-order valence-electron chi connectivity index (χ0n) is 8.94. The van der Waals surface area contributed by atoms with Gasteiger partial charge in [-0.3, -0.25) is 9.78 Å². The van der Waals surface area contributed by atoms with Crippen molar-refractivity contribution in [3.63, 3.8) is 0 Å². The van der Waals surface area contributed by atoms with Crippen LogP contribution in [0.15, 0.2) is 18.3 Å². The molecule has 0 saturated carbocycles. The zero-order chi connectivity index (χ0) is 11.3. The summed E-state index contributed by atoms with van der Waals surface area (Å²) >= 11 is 5.68. The predicted molar refractivity (Wildman–Crippen MR) is 66.6 cm³/mol. The van der Waals surface area contributed by atoms with E-state index in [-0.39, 0.29) is 24.4 Å². The quantitative estimate of drug-likeness (QED) is 0.866. The predicted octanol–water partition coefficient (Wildman–Crippen LogP) is 1.51. The summed E-state index contributed by atoms with van der Waals surface area (Å²) in [5.74, 6) is -0.0678. The number of carbonyl (C=O) groups excluding carboxylic acids is 1. The van der Waals surface area contributed by atoms with Crippen molar-refractivity contribution < 1.29 is 4.79 Å². The van der Waals surface area contributed by atoms with E-state index in [1.165, 1.54) is 0 Å². The lowest BCUT2D eigenvalue weighted by molar-refractivity contribution is -0.121. The number of hydrogen-bond acceptors (Lipinski definition) is 3. The third-order valence-electron chi connectivity index (χ3n) is 1.76. The first kappa shape index (κ1) is 15.2. The Labute approximate surface area is 106 Å². The molecular weight excluding hydrogens is 249 g/mol. The molecule has 0 aromatic carbocycles. The molecular formula is C10H15Cl2N3O. The molecule has 1 amide bonds. The van der Waals surface area contributed by atoms with Crippen LogP contribution in [0, 0.1) is 0 Å². The van der Waals surface area contributed by atoms with Crippen molar-refractivity contribution in [3.05, 3.63) is 29.0 Å². The Kier molecular flexibility index (Phi) is 7.05. The van der Waals surface area contributed by atoms with E-state index in [2.05, 4.69) is 10.3 Å². The van der Waals surface area contributed by atoms with E-state index in [0.717, 1.165) is 5.69 Å². The van der Waals surface area contributed by atoms with Crippen LogP contribution in [0.4, 0.5) is 0 Å². The molecule has 16 heavy (non-hydrogen) atoms. The minimum absolute atomic E-state index is 0. The van der Waals surface area contributed by atoms with Crippen molar-refractivity contribution in [2.75, 3.05) is 0 Å². The summed E-state index contributed by atoms with van der Waals surface area (Å²) < 4.78 is 0. The normalized spacial score (nSPS) is 11.4. The standard InChI is InChI=1S/C10H14ClN3O.ClH/c1-7(12)4-10(15)14-6-9-3-2-8(11)5-13-9;/h2-3,5,7H,4,6,12H2,1H3,(H,14,15);1H. The molecule has 0 bridgehead atoms. The molecule has 0 aliphatic carbocycles. The second kappa shape index (κ2) is 7.44. The van der Waals surface area contributed by atoms with Gasteiger partial charge in [-0.15, -0.1) is 12.4 Å². The Bertz CT molecular complexity index is 327. The van der Waals surface area contributed by atoms with Gasteiger partial charge in [-0.25, -0.2) is 0 Å². The Morgan fingerprint density at radius 3 is 2.81 bits per heavy atom. The van der Waals surface area contributed by atoms with Gasteiger partial charge in [0.25, 0.3) is 0 Å². The number of aromatic nitrogens is 1. The Hall–Kier alpha value is -0.840. The number of hydrogen-bond donors (Lipinski definition) is 2. The number of nitrogens with zero attached hydrogens (tertiary/aromatic N) is 1. The summed E-state index contributed by atoms with van der Waals surface area (Å²) in [5.41, 5.74) is 6.26. The molecule has 6 heteroatoms. The highest BCUT2D eigenvalue weighted by Crippen LogP contribution is 2.05. The molecule has 0 aliphatic rings. The Morgan fingerprint density at radius 2 is 2.31 bits per heavy atom. The molecule has 3 N–H and O–H groups in total. The molecule has 4 nitrogen and oxygen atoms in total. The van der Waals surface area contributed by atoms with Gasteiger partial charge in [-0.05, 0) is 19.1 Å². The van der Waals surface area contributed by atoms with Crippen LogP contribution >= 0.6 is 24.0 Å². The van der Waals surface area contributed by atoms with Gasteiger partial charge in [-0.1, -0.05) is 11.6 Å². The van der Waals surface area contributed by atoms with Crippen LogP contribution in [-0.2, 0) is 11.3 Å². The van der Waals surface area contributed by atoms with Crippen molar-refractivity contribution in [2.45, 2.75) is 25.9 Å². The van der Waals surface area contributed by atoms with E-state index in [9.17, 15) is 4.79 Å². The topological polar surface area (TPSA) is 68.0 Å². The van der Waals surface area contributed by atoms with E-state index in [4.69, 9.17) is 17.3 Å². The highest BCUT2D eigenvalue weighted by molar-refractivity contribution is 6.30. The number of amides is 1. The van der Waals surface area contributed by atoms with E-state index >= 15 is 0 Å². The number of pyridine rings is 1. The molecule has 1 rings (SSSR count). The molecule has 1 heterocycles. The summed E-state index contributed by atoms with van der Waals surface area (Å²) in [4.78, 5) is 15.3. The molecule has 0 aliphatic heterocycles. The maximum atomic E-state index is 11.2. The molecule has 1 unspecified atom stereocenters. The van der Waals surface area contributed by atoms with Gasteiger partial charge in [0.05, 0.1) is 17.3 Å². The summed E-state index contributed by atoms with van der Waals surface area (Å²) in [6.07, 6.45) is 1.88. The molecule has 0 fully saturated rings. The van der Waals surface area contributed by atoms with E-state index < -0.39 is 0 Å². The third kappa shape index (κ3) is 5.90. The highest BCUT2D eigenvalue weighted by Gasteiger charge is 2.04. The lowest BCUT2D eigenvalue weighted by Crippen LogP contribution is -2.29. The summed E-state index contributed by atoms with van der Waals surface area (Å²) in [5, 5.41) is 3.31. The maximum absolute atomic E-state index is 11.2. The van der Waals surface area contributed by atoms with Crippen LogP contribution in [0.25, 0.3) is 0 Å². The molecule has 0 saturated heterocycles. The molecule has 0 radical (unpaired) electrons. The minimum atomic E-state index is -0.122. The van der Waals surface area contributed by atoms with Crippen molar-refractivity contribution >= 4 is 29.9 Å². The number of nitrogens with two attached hydrogens (primary N) is 1. The second-order valence-corrected chi connectivity index (χ2v) is 3.86. The van der Waals surface area contributed by atoms with Crippen molar-refractivity contribution in [3.8, 4) is 0 Å². The molecule has 1 aromatic rings. The lowest BCUT2D eigenvalue weighted by atomic mass is 10.2. The van der Waals surface area contributed by atoms with Gasteiger partial charge in [0, 0.05) is 18.7 Å². The van der Waals surface area contributed by atoms with E-state index in [1.54, 1.807) is 25.3 Å². The average molecular weight is 264 g/mol. The first-order chi connectivity index (χ1) is 7.08. The van der Waals surface area contributed by atoms with Crippen LogP contribution in [0.5, 0.6) is 0 Å². The Morgan fingerprint density at radius 1 is 1.62 bits per heavy atom. The van der Waals surface area contributed by atoms with Crippen LogP contribution in [0.2, 0.25) is 5.02 Å². The largest absolute Gasteiger partial charge is 0.350 e. The average Bonchev–Trinajstić information content (AvgIpc) is 2.16. The van der Waals surface area contributed by atoms with Crippen molar-refractivity contribution in [1.29, 1.82) is 0 Å². The SMILES string of the molecule is CC(N)CC(=O)NCc1ccc(Cl)cn1.Cl. The van der Waals surface area contributed by atoms with Gasteiger partial charge in [0.2, 0.25) is 5.91 Å². The van der Waals surface area contributed by atoms with Gasteiger partial charge in [-0.2, -0.15) is 0 Å². The fourth-order valence-electron chi connectivity index (χ4n) is 1.06. The molecule has 90 valence electrons. The first-order valence-corrected chi connectivity index (χ1v) is 5.08. The van der Waals surface area contributed by atoms with Crippen LogP contribution in [-0.4, -0.2) is 16.9 Å². The number of halogens is 2. The van der Waals surface area contributed by atoms with Gasteiger partial charge in [0.15, 0.2) is 0 Å². The van der Waals surface area contributed by atoms with E-state index in [0.29, 0.717) is 18.0 Å². The first-order valence-electron chi connectivity index (χ1n) is 4.70. The molecule has 1 atom stereocenters. The number of nitrogens with one attached hydrogen (secondary N) is 1.